The third-order valence-corrected chi connectivity index (χ3v) is 6.39. The van der Waals surface area contributed by atoms with Gasteiger partial charge in [0.15, 0.2) is 5.96 Å². The Bertz CT molecular complexity index is 861. The fourth-order valence-corrected chi connectivity index (χ4v) is 4.56. The molecule has 2 aliphatic rings. The van der Waals surface area contributed by atoms with Gasteiger partial charge in [-0.25, -0.2) is 4.39 Å². The van der Waals surface area contributed by atoms with Crippen molar-refractivity contribution in [3.8, 4) is 0 Å². The fourth-order valence-electron chi connectivity index (χ4n) is 4.56. The molecular formula is C25H35FIN5O. The van der Waals surface area contributed by atoms with E-state index in [1.165, 1.54) is 24.2 Å². The highest BCUT2D eigenvalue weighted by Gasteiger charge is 2.24. The second-order valence-electron chi connectivity index (χ2n) is 8.49. The first-order valence-electron chi connectivity index (χ1n) is 11.5. The average Bonchev–Trinajstić information content (AvgIpc) is 3.32. The van der Waals surface area contributed by atoms with Crippen LogP contribution < -0.4 is 15.5 Å². The van der Waals surface area contributed by atoms with Crippen LogP contribution in [-0.4, -0.2) is 70.4 Å². The molecule has 33 heavy (non-hydrogen) atoms. The van der Waals surface area contributed by atoms with Crippen molar-refractivity contribution in [2.45, 2.75) is 12.5 Å². The molecule has 2 N–H and O–H groups in total. The molecule has 0 aliphatic carbocycles. The number of benzene rings is 2. The van der Waals surface area contributed by atoms with Crippen molar-refractivity contribution in [3.05, 3.63) is 66.0 Å². The van der Waals surface area contributed by atoms with Gasteiger partial charge in [0.05, 0.1) is 19.3 Å². The number of halogens is 2. The molecule has 2 saturated heterocycles. The number of rotatable bonds is 7. The summed E-state index contributed by atoms with van der Waals surface area (Å²) in [6, 6.07) is 17.6. The summed E-state index contributed by atoms with van der Waals surface area (Å²) in [6.07, 6.45) is 1.17. The SMILES string of the molecule is CN=C(NCC1CCN(c2ccccc2)C1)NCC(c1ccc(F)cc1)N1CCOCC1.I. The van der Waals surface area contributed by atoms with Gasteiger partial charge in [-0.05, 0) is 42.2 Å². The first kappa shape index (κ1) is 25.7. The van der Waals surface area contributed by atoms with Gasteiger partial charge in [-0.3, -0.25) is 9.89 Å². The van der Waals surface area contributed by atoms with Crippen molar-refractivity contribution in [2.24, 2.45) is 10.9 Å². The minimum absolute atomic E-state index is 0. The minimum Gasteiger partial charge on any atom is -0.379 e. The summed E-state index contributed by atoms with van der Waals surface area (Å²) in [5.74, 6) is 1.19. The number of ether oxygens (including phenoxy) is 1. The van der Waals surface area contributed by atoms with Gasteiger partial charge in [0.1, 0.15) is 5.82 Å². The van der Waals surface area contributed by atoms with Crippen molar-refractivity contribution in [3.63, 3.8) is 0 Å². The lowest BCUT2D eigenvalue weighted by molar-refractivity contribution is 0.0170. The zero-order valence-electron chi connectivity index (χ0n) is 19.3. The number of aliphatic imine (C=N–C) groups is 1. The van der Waals surface area contributed by atoms with E-state index in [2.05, 4.69) is 55.8 Å². The molecule has 8 heteroatoms. The van der Waals surface area contributed by atoms with E-state index in [0.29, 0.717) is 12.5 Å². The van der Waals surface area contributed by atoms with Crippen molar-refractivity contribution >= 4 is 35.6 Å². The van der Waals surface area contributed by atoms with Crippen molar-refractivity contribution in [1.82, 2.24) is 15.5 Å². The molecule has 2 aromatic rings. The quantitative estimate of drug-likeness (QED) is 0.305. The molecule has 2 heterocycles. The van der Waals surface area contributed by atoms with Crippen LogP contribution >= 0.6 is 24.0 Å². The third kappa shape index (κ3) is 7.28. The monoisotopic (exact) mass is 567 g/mol. The molecule has 0 bridgehead atoms. The molecule has 2 unspecified atom stereocenters. The Hall–Kier alpha value is -1.91. The molecule has 0 radical (unpaired) electrons. The molecule has 4 rings (SSSR count). The molecule has 2 aliphatic heterocycles. The second kappa shape index (κ2) is 13.1. The highest BCUT2D eigenvalue weighted by atomic mass is 127. The Balaban J connectivity index is 0.00000306. The Labute approximate surface area is 213 Å². The molecule has 2 atom stereocenters. The van der Waals surface area contributed by atoms with E-state index < -0.39 is 0 Å². The first-order chi connectivity index (χ1) is 15.7. The number of nitrogens with zero attached hydrogens (tertiary/aromatic N) is 3. The van der Waals surface area contributed by atoms with Crippen molar-refractivity contribution < 1.29 is 9.13 Å². The summed E-state index contributed by atoms with van der Waals surface area (Å²) in [7, 11) is 1.81. The highest BCUT2D eigenvalue weighted by Crippen LogP contribution is 2.23. The fraction of sp³-hybridized carbons (Fsp3) is 0.480. The van der Waals surface area contributed by atoms with Crippen LogP contribution in [-0.2, 0) is 4.74 Å². The molecule has 0 saturated carbocycles. The highest BCUT2D eigenvalue weighted by molar-refractivity contribution is 14.0. The third-order valence-electron chi connectivity index (χ3n) is 6.39. The number of hydrogen-bond acceptors (Lipinski definition) is 4. The number of hydrogen-bond donors (Lipinski definition) is 2. The Kier molecular flexibility index (Phi) is 10.2. The second-order valence-corrected chi connectivity index (χ2v) is 8.49. The lowest BCUT2D eigenvalue weighted by Gasteiger charge is -2.35. The maximum atomic E-state index is 13.5. The molecule has 0 spiro atoms. The van der Waals surface area contributed by atoms with E-state index >= 15 is 0 Å². The summed E-state index contributed by atoms with van der Waals surface area (Å²) in [4.78, 5) is 9.27. The summed E-state index contributed by atoms with van der Waals surface area (Å²) < 4.78 is 19.0. The number of para-hydroxylation sites is 1. The summed E-state index contributed by atoms with van der Waals surface area (Å²) in [5.41, 5.74) is 2.40. The van der Waals surface area contributed by atoms with Gasteiger partial charge >= 0.3 is 0 Å². The molecule has 0 aromatic heterocycles. The Morgan fingerprint density at radius 3 is 2.48 bits per heavy atom. The predicted molar refractivity (Wildman–Crippen MR) is 143 cm³/mol. The van der Waals surface area contributed by atoms with Crippen LogP contribution in [0, 0.1) is 11.7 Å². The maximum Gasteiger partial charge on any atom is 0.191 e. The number of anilines is 1. The number of nitrogens with one attached hydrogen (secondary N) is 2. The van der Waals surface area contributed by atoms with Crippen LogP contribution in [0.1, 0.15) is 18.0 Å². The molecule has 180 valence electrons. The normalized spacial score (nSPS) is 20.2. The predicted octanol–water partition coefficient (Wildman–Crippen LogP) is 3.51. The molecular weight excluding hydrogens is 532 g/mol. The standard InChI is InChI=1S/C25H34FN5O.HI/c1-27-25(28-17-20-11-12-31(19-20)23-5-3-2-4-6-23)29-18-24(30-13-15-32-16-14-30)21-7-9-22(26)10-8-21;/h2-10,20,24H,11-19H2,1H3,(H2,27,28,29);1H. The number of guanidine groups is 1. The Morgan fingerprint density at radius 1 is 1.06 bits per heavy atom. The smallest absolute Gasteiger partial charge is 0.191 e. The van der Waals surface area contributed by atoms with E-state index in [9.17, 15) is 4.39 Å². The molecule has 2 fully saturated rings. The zero-order chi connectivity index (χ0) is 22.2. The van der Waals surface area contributed by atoms with E-state index in [1.807, 2.05) is 19.2 Å². The van der Waals surface area contributed by atoms with Gasteiger partial charge in [0.2, 0.25) is 0 Å². The van der Waals surface area contributed by atoms with Crippen LogP contribution in [0.2, 0.25) is 0 Å². The summed E-state index contributed by atoms with van der Waals surface area (Å²) >= 11 is 0. The van der Waals surface area contributed by atoms with E-state index in [-0.39, 0.29) is 35.8 Å². The van der Waals surface area contributed by atoms with Gasteiger partial charge in [0.25, 0.3) is 0 Å². The van der Waals surface area contributed by atoms with Crippen LogP contribution in [0.25, 0.3) is 0 Å². The lowest BCUT2D eigenvalue weighted by Crippen LogP contribution is -2.47. The molecule has 6 nitrogen and oxygen atoms in total. The van der Waals surface area contributed by atoms with Gasteiger partial charge < -0.3 is 20.3 Å². The van der Waals surface area contributed by atoms with Crippen LogP contribution in [0.3, 0.4) is 0 Å². The zero-order valence-corrected chi connectivity index (χ0v) is 21.6. The summed E-state index contributed by atoms with van der Waals surface area (Å²) in [5, 5.41) is 7.01. The van der Waals surface area contributed by atoms with Crippen LogP contribution in [0.5, 0.6) is 0 Å². The largest absolute Gasteiger partial charge is 0.379 e. The van der Waals surface area contributed by atoms with Crippen LogP contribution in [0.4, 0.5) is 10.1 Å². The first-order valence-corrected chi connectivity index (χ1v) is 11.5. The van der Waals surface area contributed by atoms with Gasteiger partial charge in [-0.1, -0.05) is 30.3 Å². The minimum atomic E-state index is -0.207. The molecule has 0 amide bonds. The van der Waals surface area contributed by atoms with E-state index in [1.54, 1.807) is 0 Å². The Morgan fingerprint density at radius 2 is 1.79 bits per heavy atom. The van der Waals surface area contributed by atoms with Gasteiger partial charge in [0, 0.05) is 52.0 Å². The van der Waals surface area contributed by atoms with Gasteiger partial charge in [-0.15, -0.1) is 24.0 Å². The van der Waals surface area contributed by atoms with Crippen LogP contribution in [0.15, 0.2) is 59.6 Å². The van der Waals surface area contributed by atoms with E-state index in [4.69, 9.17) is 4.74 Å². The van der Waals surface area contributed by atoms with Gasteiger partial charge in [-0.2, -0.15) is 0 Å². The summed E-state index contributed by atoms with van der Waals surface area (Å²) in [6.45, 7) is 6.93. The van der Waals surface area contributed by atoms with Crippen molar-refractivity contribution in [2.75, 3.05) is 64.4 Å². The van der Waals surface area contributed by atoms with E-state index in [0.717, 1.165) is 57.5 Å². The topological polar surface area (TPSA) is 52.1 Å². The lowest BCUT2D eigenvalue weighted by atomic mass is 10.0. The van der Waals surface area contributed by atoms with Crippen molar-refractivity contribution in [1.29, 1.82) is 0 Å². The number of morpholine rings is 1. The molecule has 2 aromatic carbocycles. The average molecular weight is 567 g/mol. The maximum absolute atomic E-state index is 13.5.